The van der Waals surface area contributed by atoms with Crippen LogP contribution in [0.5, 0.6) is 0 Å². The summed E-state index contributed by atoms with van der Waals surface area (Å²) in [6, 6.07) is 13.8. The zero-order valence-electron chi connectivity index (χ0n) is 12.6. The van der Waals surface area contributed by atoms with E-state index in [0.717, 1.165) is 21.8 Å². The first kappa shape index (κ1) is 15.4. The molecule has 0 saturated heterocycles. The molecule has 5 heteroatoms. The molecule has 0 aliphatic heterocycles. The number of pyridine rings is 1. The first-order valence-electron chi connectivity index (χ1n) is 7.47. The van der Waals surface area contributed by atoms with Gasteiger partial charge in [-0.15, -0.1) is 11.3 Å². The molecule has 0 saturated carbocycles. The van der Waals surface area contributed by atoms with Gasteiger partial charge >= 0.3 is 0 Å². The summed E-state index contributed by atoms with van der Waals surface area (Å²) in [6.45, 7) is 0.569. The lowest BCUT2D eigenvalue weighted by Gasteiger charge is -2.04. The number of carbonyl (C=O) groups excluding carboxylic acids is 1. The lowest BCUT2D eigenvalue weighted by Crippen LogP contribution is -2.22. The minimum Gasteiger partial charge on any atom is -0.352 e. The third-order valence-corrected chi connectivity index (χ3v) is 4.33. The smallest absolute Gasteiger partial charge is 0.220 e. The first-order chi connectivity index (χ1) is 11.3. The average molecular weight is 323 g/mol. The number of amides is 1. The molecule has 4 nitrogen and oxygen atoms in total. The molecule has 2 aromatic heterocycles. The normalized spacial score (nSPS) is 10.4. The molecule has 0 radical (unpaired) electrons. The third kappa shape index (κ3) is 4.47. The highest BCUT2D eigenvalue weighted by Crippen LogP contribution is 2.21. The van der Waals surface area contributed by atoms with Crippen LogP contribution in [0.1, 0.15) is 17.0 Å². The van der Waals surface area contributed by atoms with Gasteiger partial charge in [-0.05, 0) is 17.7 Å². The van der Waals surface area contributed by atoms with Gasteiger partial charge in [-0.1, -0.05) is 30.3 Å². The Balaban J connectivity index is 1.49. The number of rotatable bonds is 6. The van der Waals surface area contributed by atoms with E-state index in [4.69, 9.17) is 0 Å². The SMILES string of the molecule is O=C(CCc1nc(-c2ccncc2)cs1)NCc1ccccc1. The van der Waals surface area contributed by atoms with Crippen molar-refractivity contribution >= 4 is 17.2 Å². The molecule has 0 aliphatic carbocycles. The van der Waals surface area contributed by atoms with Crippen LogP contribution in [0.25, 0.3) is 11.3 Å². The lowest BCUT2D eigenvalue weighted by molar-refractivity contribution is -0.121. The molecule has 0 aliphatic rings. The average Bonchev–Trinajstić information content (AvgIpc) is 3.09. The number of hydrogen-bond acceptors (Lipinski definition) is 4. The number of hydrogen-bond donors (Lipinski definition) is 1. The van der Waals surface area contributed by atoms with E-state index in [1.807, 2.05) is 47.8 Å². The van der Waals surface area contributed by atoms with Crippen molar-refractivity contribution < 1.29 is 4.79 Å². The molecule has 3 rings (SSSR count). The van der Waals surface area contributed by atoms with Gasteiger partial charge in [-0.3, -0.25) is 9.78 Å². The Labute approximate surface area is 139 Å². The Morgan fingerprint density at radius 1 is 1.09 bits per heavy atom. The van der Waals surface area contributed by atoms with Crippen LogP contribution < -0.4 is 5.32 Å². The van der Waals surface area contributed by atoms with E-state index < -0.39 is 0 Å². The third-order valence-electron chi connectivity index (χ3n) is 3.43. The maximum Gasteiger partial charge on any atom is 0.220 e. The van der Waals surface area contributed by atoms with Gasteiger partial charge in [-0.2, -0.15) is 0 Å². The summed E-state index contributed by atoms with van der Waals surface area (Å²) < 4.78 is 0. The van der Waals surface area contributed by atoms with E-state index in [9.17, 15) is 4.79 Å². The van der Waals surface area contributed by atoms with Crippen molar-refractivity contribution in [3.05, 3.63) is 70.8 Å². The summed E-state index contributed by atoms with van der Waals surface area (Å²) in [5.41, 5.74) is 3.10. The molecule has 0 unspecified atom stereocenters. The maximum atomic E-state index is 11.9. The molecule has 0 fully saturated rings. The second-order valence-corrected chi connectivity index (χ2v) is 6.07. The van der Waals surface area contributed by atoms with Crippen molar-refractivity contribution in [2.75, 3.05) is 0 Å². The molecular formula is C18H17N3OS. The van der Waals surface area contributed by atoms with Crippen LogP contribution in [0.4, 0.5) is 0 Å². The highest BCUT2D eigenvalue weighted by atomic mass is 32.1. The molecule has 1 aromatic carbocycles. The summed E-state index contributed by atoms with van der Waals surface area (Å²) in [4.78, 5) is 20.5. The van der Waals surface area contributed by atoms with E-state index in [0.29, 0.717) is 19.4 Å². The van der Waals surface area contributed by atoms with Crippen molar-refractivity contribution in [3.63, 3.8) is 0 Å². The maximum absolute atomic E-state index is 11.9. The van der Waals surface area contributed by atoms with Crippen LogP contribution in [0, 0.1) is 0 Å². The molecule has 2 heterocycles. The number of carbonyl (C=O) groups is 1. The van der Waals surface area contributed by atoms with E-state index in [1.54, 1.807) is 23.7 Å². The Bertz CT molecular complexity index is 756. The number of thiazole rings is 1. The summed E-state index contributed by atoms with van der Waals surface area (Å²) >= 11 is 1.59. The summed E-state index contributed by atoms with van der Waals surface area (Å²) in [6.07, 6.45) is 4.63. The highest BCUT2D eigenvalue weighted by Gasteiger charge is 2.07. The van der Waals surface area contributed by atoms with Crippen molar-refractivity contribution in [2.45, 2.75) is 19.4 Å². The Morgan fingerprint density at radius 3 is 2.65 bits per heavy atom. The quantitative estimate of drug-likeness (QED) is 0.756. The van der Waals surface area contributed by atoms with Gasteiger partial charge in [0.15, 0.2) is 0 Å². The number of nitrogens with one attached hydrogen (secondary N) is 1. The number of aryl methyl sites for hydroxylation is 1. The highest BCUT2D eigenvalue weighted by molar-refractivity contribution is 7.09. The van der Waals surface area contributed by atoms with Gasteiger partial charge < -0.3 is 5.32 Å². The van der Waals surface area contributed by atoms with Crippen LogP contribution in [0.15, 0.2) is 60.2 Å². The van der Waals surface area contributed by atoms with Crippen LogP contribution in [-0.4, -0.2) is 15.9 Å². The minimum absolute atomic E-state index is 0.0505. The van der Waals surface area contributed by atoms with Gasteiger partial charge in [0.1, 0.15) is 0 Å². The molecule has 116 valence electrons. The van der Waals surface area contributed by atoms with Gasteiger partial charge in [0.25, 0.3) is 0 Å². The number of nitrogens with zero attached hydrogens (tertiary/aromatic N) is 2. The van der Waals surface area contributed by atoms with Crippen LogP contribution >= 0.6 is 11.3 Å². The van der Waals surface area contributed by atoms with Crippen LogP contribution in [0.3, 0.4) is 0 Å². The number of aromatic nitrogens is 2. The van der Waals surface area contributed by atoms with Crippen molar-refractivity contribution in [1.82, 2.24) is 15.3 Å². The number of benzene rings is 1. The zero-order valence-corrected chi connectivity index (χ0v) is 13.4. The first-order valence-corrected chi connectivity index (χ1v) is 8.34. The zero-order chi connectivity index (χ0) is 15.9. The van der Waals surface area contributed by atoms with Crippen molar-refractivity contribution in [3.8, 4) is 11.3 Å². The topological polar surface area (TPSA) is 54.9 Å². The van der Waals surface area contributed by atoms with Crippen LogP contribution in [-0.2, 0) is 17.8 Å². The van der Waals surface area contributed by atoms with Crippen molar-refractivity contribution in [1.29, 1.82) is 0 Å². The van der Waals surface area contributed by atoms with Gasteiger partial charge in [0.05, 0.1) is 10.7 Å². The predicted octanol–water partition coefficient (Wildman–Crippen LogP) is 3.45. The molecular weight excluding hydrogens is 306 g/mol. The Hall–Kier alpha value is -2.53. The van der Waals surface area contributed by atoms with E-state index in [-0.39, 0.29) is 5.91 Å². The van der Waals surface area contributed by atoms with E-state index in [1.165, 1.54) is 0 Å². The molecule has 0 bridgehead atoms. The van der Waals surface area contributed by atoms with Gasteiger partial charge in [0, 0.05) is 42.7 Å². The fourth-order valence-corrected chi connectivity index (χ4v) is 2.99. The van der Waals surface area contributed by atoms with Crippen LogP contribution in [0.2, 0.25) is 0 Å². The molecule has 0 spiro atoms. The summed E-state index contributed by atoms with van der Waals surface area (Å²) in [7, 11) is 0. The molecule has 1 N–H and O–H groups in total. The molecule has 0 atom stereocenters. The second-order valence-electron chi connectivity index (χ2n) is 5.12. The largest absolute Gasteiger partial charge is 0.352 e. The standard InChI is InChI=1S/C18H17N3OS/c22-17(20-12-14-4-2-1-3-5-14)6-7-18-21-16(13-23-18)15-8-10-19-11-9-15/h1-5,8-11,13H,6-7,12H2,(H,20,22). The van der Waals surface area contributed by atoms with E-state index in [2.05, 4.69) is 15.3 Å². The monoisotopic (exact) mass is 323 g/mol. The Kier molecular flexibility index (Phi) is 5.11. The second kappa shape index (κ2) is 7.65. The predicted molar refractivity (Wildman–Crippen MR) is 92.0 cm³/mol. The lowest BCUT2D eigenvalue weighted by atomic mass is 10.2. The fourth-order valence-electron chi connectivity index (χ4n) is 2.19. The van der Waals surface area contributed by atoms with Gasteiger partial charge in [-0.25, -0.2) is 4.98 Å². The summed E-state index contributed by atoms with van der Waals surface area (Å²) in [5, 5.41) is 5.94. The van der Waals surface area contributed by atoms with Gasteiger partial charge in [0.2, 0.25) is 5.91 Å². The molecule has 3 aromatic rings. The Morgan fingerprint density at radius 2 is 1.87 bits per heavy atom. The fraction of sp³-hybridized carbons (Fsp3) is 0.167. The molecule has 23 heavy (non-hydrogen) atoms. The van der Waals surface area contributed by atoms with Crippen molar-refractivity contribution in [2.24, 2.45) is 0 Å². The summed E-state index contributed by atoms with van der Waals surface area (Å²) in [5.74, 6) is 0.0505. The minimum atomic E-state index is 0.0505. The molecule has 1 amide bonds. The van der Waals surface area contributed by atoms with E-state index >= 15 is 0 Å².